The minimum atomic E-state index is -0.198. The molecule has 0 saturated carbocycles. The number of amides is 1. The Labute approximate surface area is 83.1 Å². The Balaban J connectivity index is 2.78. The van der Waals surface area contributed by atoms with Crippen LogP contribution in [0.3, 0.4) is 0 Å². The van der Waals surface area contributed by atoms with Gasteiger partial charge >= 0.3 is 0 Å². The van der Waals surface area contributed by atoms with E-state index in [0.717, 1.165) is 5.56 Å². The van der Waals surface area contributed by atoms with Crippen LogP contribution in [0.4, 0.5) is 5.69 Å². The number of carbonyl (C=O) groups is 1. The predicted molar refractivity (Wildman–Crippen MR) is 56.3 cm³/mol. The number of allylic oxidation sites excluding steroid dienone is 1. The fourth-order valence-electron chi connectivity index (χ4n) is 1.02. The van der Waals surface area contributed by atoms with Gasteiger partial charge < -0.3 is 10.4 Å². The van der Waals surface area contributed by atoms with Gasteiger partial charge in [-0.25, -0.2) is 0 Å². The second-order valence-electron chi connectivity index (χ2n) is 2.99. The second-order valence-corrected chi connectivity index (χ2v) is 2.99. The van der Waals surface area contributed by atoms with Crippen LogP contribution >= 0.6 is 0 Å². The van der Waals surface area contributed by atoms with Crippen LogP contribution in [-0.2, 0) is 4.79 Å². The Kier molecular flexibility index (Phi) is 3.29. The number of phenols is 1. The van der Waals surface area contributed by atoms with Gasteiger partial charge in [-0.05, 0) is 31.6 Å². The molecule has 0 aliphatic rings. The molecule has 0 aromatic heterocycles. The fourth-order valence-corrected chi connectivity index (χ4v) is 1.02. The molecule has 0 saturated heterocycles. The van der Waals surface area contributed by atoms with E-state index >= 15 is 0 Å². The molecule has 3 heteroatoms. The number of benzene rings is 1. The maximum Gasteiger partial charge on any atom is 0.248 e. The third-order valence-electron chi connectivity index (χ3n) is 1.79. The highest BCUT2D eigenvalue weighted by Gasteiger charge is 2.00. The number of hydrogen-bond donors (Lipinski definition) is 2. The molecular formula is C11H13NO2. The highest BCUT2D eigenvalue weighted by Crippen LogP contribution is 2.20. The van der Waals surface area contributed by atoms with Gasteiger partial charge in [-0.3, -0.25) is 4.79 Å². The maximum absolute atomic E-state index is 11.1. The smallest absolute Gasteiger partial charge is 0.248 e. The molecule has 0 unspecified atom stereocenters. The second kappa shape index (κ2) is 4.46. The van der Waals surface area contributed by atoms with Crippen molar-refractivity contribution >= 4 is 11.6 Å². The van der Waals surface area contributed by atoms with E-state index in [1.54, 1.807) is 32.1 Å². The summed E-state index contributed by atoms with van der Waals surface area (Å²) in [5, 5.41) is 12.0. The van der Waals surface area contributed by atoms with E-state index in [-0.39, 0.29) is 11.7 Å². The molecule has 14 heavy (non-hydrogen) atoms. The molecule has 0 bridgehead atoms. The summed E-state index contributed by atoms with van der Waals surface area (Å²) in [6, 6.07) is 5.02. The van der Waals surface area contributed by atoms with E-state index in [9.17, 15) is 9.90 Å². The number of anilines is 1. The minimum Gasteiger partial charge on any atom is -0.508 e. The quantitative estimate of drug-likeness (QED) is 0.704. The molecule has 0 fully saturated rings. The van der Waals surface area contributed by atoms with E-state index in [4.69, 9.17) is 0 Å². The predicted octanol–water partition coefficient (Wildman–Crippen LogP) is 2.22. The molecule has 0 atom stereocenters. The maximum atomic E-state index is 11.1. The zero-order valence-electron chi connectivity index (χ0n) is 8.24. The summed E-state index contributed by atoms with van der Waals surface area (Å²) in [7, 11) is 0. The number of phenolic OH excluding ortho intramolecular Hbond substituents is 1. The van der Waals surface area contributed by atoms with Gasteiger partial charge in [-0.2, -0.15) is 0 Å². The summed E-state index contributed by atoms with van der Waals surface area (Å²) < 4.78 is 0. The van der Waals surface area contributed by atoms with E-state index < -0.39 is 0 Å². The van der Waals surface area contributed by atoms with Crippen molar-refractivity contribution in [3.63, 3.8) is 0 Å². The van der Waals surface area contributed by atoms with Crippen molar-refractivity contribution in [3.8, 4) is 5.75 Å². The average molecular weight is 191 g/mol. The van der Waals surface area contributed by atoms with E-state index in [2.05, 4.69) is 5.32 Å². The van der Waals surface area contributed by atoms with Gasteiger partial charge in [-0.1, -0.05) is 12.1 Å². The van der Waals surface area contributed by atoms with Gasteiger partial charge in [0.15, 0.2) is 0 Å². The largest absolute Gasteiger partial charge is 0.508 e. The first kappa shape index (κ1) is 10.3. The Morgan fingerprint density at radius 1 is 1.50 bits per heavy atom. The number of hydrogen-bond acceptors (Lipinski definition) is 2. The van der Waals surface area contributed by atoms with Crippen molar-refractivity contribution in [1.82, 2.24) is 0 Å². The van der Waals surface area contributed by atoms with Crippen LogP contribution in [0.1, 0.15) is 12.5 Å². The zero-order valence-corrected chi connectivity index (χ0v) is 8.24. The summed E-state index contributed by atoms with van der Waals surface area (Å²) in [6.07, 6.45) is 3.08. The Morgan fingerprint density at radius 2 is 2.21 bits per heavy atom. The van der Waals surface area contributed by atoms with Crippen LogP contribution in [0.5, 0.6) is 5.75 Å². The Morgan fingerprint density at radius 3 is 2.79 bits per heavy atom. The van der Waals surface area contributed by atoms with Crippen LogP contribution in [0.25, 0.3) is 0 Å². The van der Waals surface area contributed by atoms with Gasteiger partial charge in [0.25, 0.3) is 0 Å². The van der Waals surface area contributed by atoms with Gasteiger partial charge in [0.05, 0.1) is 0 Å². The molecule has 0 aliphatic heterocycles. The lowest BCUT2D eigenvalue weighted by Gasteiger charge is -2.04. The molecule has 1 amide bonds. The molecule has 2 N–H and O–H groups in total. The van der Waals surface area contributed by atoms with Crippen LogP contribution in [0.15, 0.2) is 30.4 Å². The lowest BCUT2D eigenvalue weighted by atomic mass is 10.2. The Bertz CT molecular complexity index is 370. The third kappa shape index (κ3) is 2.62. The highest BCUT2D eigenvalue weighted by molar-refractivity contribution is 5.99. The molecular weight excluding hydrogens is 178 g/mol. The first-order chi connectivity index (χ1) is 6.63. The molecule has 0 spiro atoms. The van der Waals surface area contributed by atoms with Crippen molar-refractivity contribution in [2.45, 2.75) is 13.8 Å². The van der Waals surface area contributed by atoms with Crippen molar-refractivity contribution in [2.24, 2.45) is 0 Å². The van der Waals surface area contributed by atoms with E-state index in [0.29, 0.717) is 5.69 Å². The van der Waals surface area contributed by atoms with E-state index in [1.165, 1.54) is 12.1 Å². The summed E-state index contributed by atoms with van der Waals surface area (Å²) in [6.45, 7) is 3.57. The van der Waals surface area contributed by atoms with Crippen molar-refractivity contribution in [2.75, 3.05) is 5.32 Å². The number of aryl methyl sites for hydroxylation is 1. The molecule has 3 nitrogen and oxygen atoms in total. The van der Waals surface area contributed by atoms with Crippen LogP contribution in [-0.4, -0.2) is 11.0 Å². The third-order valence-corrected chi connectivity index (χ3v) is 1.79. The lowest BCUT2D eigenvalue weighted by molar-refractivity contribution is -0.111. The average Bonchev–Trinajstić information content (AvgIpc) is 2.12. The lowest BCUT2D eigenvalue weighted by Crippen LogP contribution is -2.07. The van der Waals surface area contributed by atoms with Crippen LogP contribution < -0.4 is 5.32 Å². The molecule has 0 radical (unpaired) electrons. The first-order valence-corrected chi connectivity index (χ1v) is 4.37. The minimum absolute atomic E-state index is 0.184. The Hall–Kier alpha value is -1.77. The normalized spacial score (nSPS) is 10.4. The summed E-state index contributed by atoms with van der Waals surface area (Å²) in [4.78, 5) is 11.1. The number of rotatable bonds is 2. The number of nitrogens with one attached hydrogen (secondary N) is 1. The van der Waals surface area contributed by atoms with Gasteiger partial charge in [0.1, 0.15) is 5.75 Å². The molecule has 1 rings (SSSR count). The van der Waals surface area contributed by atoms with Crippen molar-refractivity contribution in [1.29, 1.82) is 0 Å². The number of carbonyl (C=O) groups excluding carboxylic acids is 1. The van der Waals surface area contributed by atoms with Crippen LogP contribution in [0, 0.1) is 6.92 Å². The summed E-state index contributed by atoms with van der Waals surface area (Å²) >= 11 is 0. The first-order valence-electron chi connectivity index (χ1n) is 4.37. The molecule has 1 aromatic rings. The SMILES string of the molecule is C/C=C/C(=O)Nc1ccc(C)c(O)c1. The van der Waals surface area contributed by atoms with Gasteiger partial charge in [0.2, 0.25) is 5.91 Å². The molecule has 1 aromatic carbocycles. The topological polar surface area (TPSA) is 49.3 Å². The summed E-state index contributed by atoms with van der Waals surface area (Å²) in [5.41, 5.74) is 1.38. The highest BCUT2D eigenvalue weighted by atomic mass is 16.3. The molecule has 0 aliphatic carbocycles. The fraction of sp³-hybridized carbons (Fsp3) is 0.182. The molecule has 0 heterocycles. The van der Waals surface area contributed by atoms with Crippen LogP contribution in [0.2, 0.25) is 0 Å². The van der Waals surface area contributed by atoms with Gasteiger partial charge in [0, 0.05) is 11.8 Å². The standard InChI is InChI=1S/C11H13NO2/c1-3-4-11(14)12-9-6-5-8(2)10(13)7-9/h3-7,13H,1-2H3,(H,12,14)/b4-3+. The summed E-state index contributed by atoms with van der Waals surface area (Å²) in [5.74, 6) is -0.0148. The molecule has 74 valence electrons. The monoisotopic (exact) mass is 191 g/mol. The zero-order chi connectivity index (χ0) is 10.6. The van der Waals surface area contributed by atoms with Crippen molar-refractivity contribution in [3.05, 3.63) is 35.9 Å². The van der Waals surface area contributed by atoms with E-state index in [1.807, 2.05) is 0 Å². The number of aromatic hydroxyl groups is 1. The van der Waals surface area contributed by atoms with Crippen molar-refractivity contribution < 1.29 is 9.90 Å². The van der Waals surface area contributed by atoms with Gasteiger partial charge in [-0.15, -0.1) is 0 Å².